The molecule has 3 aromatic carbocycles. The van der Waals surface area contributed by atoms with Crippen molar-refractivity contribution >= 4 is 48.8 Å². The highest BCUT2D eigenvalue weighted by Crippen LogP contribution is 2.22. The molecule has 0 spiro atoms. The monoisotopic (exact) mass is 490 g/mol. The van der Waals surface area contributed by atoms with Crippen LogP contribution >= 0.6 is 36.9 Å². The largest absolute Gasteiger partial charge is 0.378 e. The van der Waals surface area contributed by atoms with E-state index in [0.29, 0.717) is 11.6 Å². The summed E-state index contributed by atoms with van der Waals surface area (Å²) in [4.78, 5) is 12.1. The van der Waals surface area contributed by atoms with Crippen LogP contribution in [0.3, 0.4) is 0 Å². The van der Waals surface area contributed by atoms with Crippen LogP contribution in [-0.4, -0.2) is 19.9 Å². The summed E-state index contributed by atoms with van der Waals surface area (Å²) in [5.74, 6) is 0. The Morgan fingerprint density at radius 1 is 0.875 bits per heavy atom. The number of carbonyl (C=O) groups excluding carboxylic acids is 1. The Morgan fingerprint density at radius 3 is 1.88 bits per heavy atom. The standard InChI is InChI=1S/C9H10ClNO.C8H11NS.C7H8S.C2H6/c1-7-8(10)3-2-4-9(7)11-5-6-12;1-9-6-7-2-4-8(10)5-3-7;1-6-2-4-7(8)5-3-6;1-2/h2-4,6,11H,5H2,1H3;2-5,9-10H,6H2,1H3;2-5,8H,1H3;1-2H3. The van der Waals surface area contributed by atoms with Gasteiger partial charge in [-0.1, -0.05) is 61.3 Å². The van der Waals surface area contributed by atoms with Gasteiger partial charge in [0.25, 0.3) is 0 Å². The molecule has 0 aliphatic rings. The molecule has 6 heteroatoms. The summed E-state index contributed by atoms with van der Waals surface area (Å²) in [6.07, 6.45) is 0.820. The first-order chi connectivity index (χ1) is 15.4. The number of aryl methyl sites for hydroxylation is 1. The van der Waals surface area contributed by atoms with E-state index < -0.39 is 0 Å². The van der Waals surface area contributed by atoms with Gasteiger partial charge < -0.3 is 15.4 Å². The second-order valence-corrected chi connectivity index (χ2v) is 7.93. The molecule has 174 valence electrons. The Labute approximate surface area is 209 Å². The van der Waals surface area contributed by atoms with Crippen LogP contribution in [0.5, 0.6) is 0 Å². The van der Waals surface area contributed by atoms with E-state index in [1.807, 2.05) is 82.4 Å². The molecule has 3 rings (SSSR count). The zero-order valence-corrected chi connectivity index (χ0v) is 22.1. The van der Waals surface area contributed by atoms with E-state index in [4.69, 9.17) is 11.6 Å². The number of aldehydes is 1. The van der Waals surface area contributed by atoms with Crippen molar-refractivity contribution in [2.75, 3.05) is 18.9 Å². The SMILES string of the molecule is CC.CNCc1ccc(S)cc1.Cc1c(Cl)cccc1NCC=O.Cc1ccc(S)cc1. The predicted octanol–water partition coefficient (Wildman–Crippen LogP) is 7.26. The Bertz CT molecular complexity index is 864. The van der Waals surface area contributed by atoms with Crippen molar-refractivity contribution in [1.82, 2.24) is 5.32 Å². The van der Waals surface area contributed by atoms with Gasteiger partial charge >= 0.3 is 0 Å². The quantitative estimate of drug-likeness (QED) is 0.224. The fourth-order valence-corrected chi connectivity index (χ4v) is 2.79. The molecule has 0 saturated heterocycles. The minimum Gasteiger partial charge on any atom is -0.378 e. The third kappa shape index (κ3) is 13.5. The summed E-state index contributed by atoms with van der Waals surface area (Å²) in [6, 6.07) is 21.8. The topological polar surface area (TPSA) is 41.1 Å². The highest BCUT2D eigenvalue weighted by atomic mass is 35.5. The van der Waals surface area contributed by atoms with Crippen LogP contribution in [-0.2, 0) is 11.3 Å². The average molecular weight is 491 g/mol. The number of halogens is 1. The van der Waals surface area contributed by atoms with Crippen LogP contribution in [0.1, 0.15) is 30.5 Å². The molecule has 2 N–H and O–H groups in total. The molecule has 0 fully saturated rings. The van der Waals surface area contributed by atoms with Gasteiger partial charge in [-0.3, -0.25) is 0 Å². The number of benzene rings is 3. The summed E-state index contributed by atoms with van der Waals surface area (Å²) in [7, 11) is 1.94. The lowest BCUT2D eigenvalue weighted by molar-refractivity contribution is -0.106. The predicted molar refractivity (Wildman–Crippen MR) is 147 cm³/mol. The van der Waals surface area contributed by atoms with Crippen molar-refractivity contribution in [3.8, 4) is 0 Å². The fourth-order valence-electron chi connectivity index (χ4n) is 2.31. The molecular weight excluding hydrogens is 456 g/mol. The summed E-state index contributed by atoms with van der Waals surface area (Å²) in [5.41, 5.74) is 4.46. The lowest BCUT2D eigenvalue weighted by Gasteiger charge is -2.06. The second-order valence-electron chi connectivity index (χ2n) is 6.49. The molecule has 0 atom stereocenters. The van der Waals surface area contributed by atoms with Crippen molar-refractivity contribution in [3.63, 3.8) is 0 Å². The van der Waals surface area contributed by atoms with Crippen LogP contribution in [0.4, 0.5) is 5.69 Å². The maximum Gasteiger partial charge on any atom is 0.139 e. The molecule has 0 unspecified atom stereocenters. The smallest absolute Gasteiger partial charge is 0.139 e. The molecule has 3 nitrogen and oxygen atoms in total. The second kappa shape index (κ2) is 18.6. The summed E-state index contributed by atoms with van der Waals surface area (Å²) < 4.78 is 0. The molecule has 0 radical (unpaired) electrons. The van der Waals surface area contributed by atoms with Gasteiger partial charge in [-0.15, -0.1) is 25.3 Å². The number of thiol groups is 2. The van der Waals surface area contributed by atoms with Crippen molar-refractivity contribution in [1.29, 1.82) is 0 Å². The molecule has 0 bridgehead atoms. The fraction of sp³-hybridized carbons (Fsp3) is 0.269. The number of carbonyl (C=O) groups is 1. The van der Waals surface area contributed by atoms with Crippen LogP contribution in [0.2, 0.25) is 5.02 Å². The Morgan fingerprint density at radius 2 is 1.41 bits per heavy atom. The van der Waals surface area contributed by atoms with Crippen LogP contribution in [0, 0.1) is 13.8 Å². The lowest BCUT2D eigenvalue weighted by atomic mass is 10.2. The molecule has 32 heavy (non-hydrogen) atoms. The molecular formula is C26H35ClN2OS2. The summed E-state index contributed by atoms with van der Waals surface area (Å²) in [5, 5.41) is 6.74. The lowest BCUT2D eigenvalue weighted by Crippen LogP contribution is -2.04. The number of anilines is 1. The van der Waals surface area contributed by atoms with Crippen LogP contribution < -0.4 is 10.6 Å². The molecule has 0 saturated carbocycles. The third-order valence-corrected chi connectivity index (χ3v) is 5.00. The maximum absolute atomic E-state index is 10.1. The average Bonchev–Trinajstić information content (AvgIpc) is 2.81. The van der Waals surface area contributed by atoms with E-state index in [0.717, 1.165) is 33.9 Å². The number of rotatable bonds is 5. The van der Waals surface area contributed by atoms with Gasteiger partial charge in [-0.05, 0) is 68.4 Å². The zero-order chi connectivity index (χ0) is 24.4. The minimum absolute atomic E-state index is 0.321. The molecule has 0 aromatic heterocycles. The normalized spacial score (nSPS) is 9.12. The third-order valence-electron chi connectivity index (χ3n) is 3.99. The summed E-state index contributed by atoms with van der Waals surface area (Å²) >= 11 is 14.2. The highest BCUT2D eigenvalue weighted by Gasteiger charge is 1.99. The Hall–Kier alpha value is -1.92. The first-order valence-electron chi connectivity index (χ1n) is 10.5. The van der Waals surface area contributed by atoms with Gasteiger partial charge in [0.05, 0.1) is 6.54 Å². The number of nitrogens with one attached hydrogen (secondary N) is 2. The van der Waals surface area contributed by atoms with E-state index >= 15 is 0 Å². The van der Waals surface area contributed by atoms with Crippen LogP contribution in [0.25, 0.3) is 0 Å². The van der Waals surface area contributed by atoms with Crippen molar-refractivity contribution < 1.29 is 4.79 Å². The van der Waals surface area contributed by atoms with E-state index in [2.05, 4.69) is 54.9 Å². The molecule has 3 aromatic rings. The van der Waals surface area contributed by atoms with Gasteiger partial charge in [0, 0.05) is 27.0 Å². The van der Waals surface area contributed by atoms with Gasteiger partial charge in [-0.25, -0.2) is 0 Å². The molecule has 0 heterocycles. The van der Waals surface area contributed by atoms with E-state index in [9.17, 15) is 4.79 Å². The molecule has 0 aliphatic carbocycles. The number of hydrogen-bond donors (Lipinski definition) is 4. The summed E-state index contributed by atoms with van der Waals surface area (Å²) in [6.45, 7) is 9.22. The van der Waals surface area contributed by atoms with E-state index in [1.54, 1.807) is 0 Å². The first kappa shape index (κ1) is 30.1. The van der Waals surface area contributed by atoms with Gasteiger partial charge in [0.1, 0.15) is 6.29 Å². The Kier molecular flexibility index (Phi) is 17.5. The maximum atomic E-state index is 10.1. The number of hydrogen-bond acceptors (Lipinski definition) is 5. The highest BCUT2D eigenvalue weighted by molar-refractivity contribution is 7.80. The Balaban J connectivity index is 0.000000441. The van der Waals surface area contributed by atoms with Crippen molar-refractivity contribution in [3.05, 3.63) is 88.4 Å². The minimum atomic E-state index is 0.321. The molecule has 0 aliphatic heterocycles. The van der Waals surface area contributed by atoms with Crippen LogP contribution in [0.15, 0.2) is 76.5 Å². The first-order valence-corrected chi connectivity index (χ1v) is 11.7. The zero-order valence-electron chi connectivity index (χ0n) is 19.5. The van der Waals surface area contributed by atoms with E-state index in [1.165, 1.54) is 11.1 Å². The molecule has 0 amide bonds. The van der Waals surface area contributed by atoms with Gasteiger partial charge in [0.15, 0.2) is 0 Å². The van der Waals surface area contributed by atoms with E-state index in [-0.39, 0.29) is 0 Å². The van der Waals surface area contributed by atoms with Crippen molar-refractivity contribution in [2.45, 2.75) is 44.0 Å². The van der Waals surface area contributed by atoms with Gasteiger partial charge in [0.2, 0.25) is 0 Å². The van der Waals surface area contributed by atoms with Crippen molar-refractivity contribution in [2.24, 2.45) is 0 Å². The van der Waals surface area contributed by atoms with Gasteiger partial charge in [-0.2, -0.15) is 0 Å².